The average Bonchev–Trinajstić information content (AvgIpc) is 3.18. The summed E-state index contributed by atoms with van der Waals surface area (Å²) < 4.78 is 7.72. The number of hydrogen-bond acceptors (Lipinski definition) is 5. The number of carbonyl (C=O) groups excluding carboxylic acids is 1. The molecule has 3 N–H and O–H groups in total. The Labute approximate surface area is 232 Å². The van der Waals surface area contributed by atoms with Gasteiger partial charge in [-0.25, -0.2) is 9.59 Å². The first-order chi connectivity index (χ1) is 17.6. The highest BCUT2D eigenvalue weighted by molar-refractivity contribution is 9.10. The van der Waals surface area contributed by atoms with E-state index in [0.717, 1.165) is 8.95 Å². The Kier molecular flexibility index (Phi) is 7.45. The molecule has 0 unspecified atom stereocenters. The number of aromatic carboxylic acids is 1. The fraction of sp³-hybridized carbons (Fsp3) is 0.310. The third kappa shape index (κ3) is 3.96. The normalized spacial score (nSPS) is 13.9. The van der Waals surface area contributed by atoms with Crippen molar-refractivity contribution in [2.75, 3.05) is 0 Å². The van der Waals surface area contributed by atoms with E-state index in [-0.39, 0.29) is 28.2 Å². The van der Waals surface area contributed by atoms with Gasteiger partial charge in [0.25, 0.3) is 0 Å². The van der Waals surface area contributed by atoms with Crippen LogP contribution in [-0.4, -0.2) is 27.3 Å². The van der Waals surface area contributed by atoms with Crippen molar-refractivity contribution in [3.63, 3.8) is 0 Å². The van der Waals surface area contributed by atoms with Gasteiger partial charge in [0.05, 0.1) is 22.3 Å². The monoisotopic (exact) mass is 630 g/mol. The average molecular weight is 632 g/mol. The summed E-state index contributed by atoms with van der Waals surface area (Å²) in [6, 6.07) is 8.24. The van der Waals surface area contributed by atoms with Crippen molar-refractivity contribution in [1.29, 1.82) is 0 Å². The summed E-state index contributed by atoms with van der Waals surface area (Å²) in [4.78, 5) is 25.7. The molecule has 0 saturated heterocycles. The van der Waals surface area contributed by atoms with Crippen LogP contribution in [0.1, 0.15) is 87.4 Å². The molecule has 0 bridgehead atoms. The number of carboxylic acids is 1. The highest BCUT2D eigenvalue weighted by atomic mass is 79.9. The Hall–Kier alpha value is -2.84. The summed E-state index contributed by atoms with van der Waals surface area (Å²) in [5.41, 5.74) is 1.47. The van der Waals surface area contributed by atoms with Crippen LogP contribution in [0, 0.1) is 0 Å². The van der Waals surface area contributed by atoms with Crippen molar-refractivity contribution in [3.05, 3.63) is 89.3 Å². The fourth-order valence-corrected chi connectivity index (χ4v) is 6.95. The zero-order valence-electron chi connectivity index (χ0n) is 21.0. The first-order valence-electron chi connectivity index (χ1n) is 12.3. The molecule has 8 heteroatoms. The highest BCUT2D eigenvalue weighted by Gasteiger charge is 2.55. The molecule has 0 saturated carbocycles. The smallest absolute Gasteiger partial charge is 0.341 e. The number of rotatable bonds is 7. The minimum Gasteiger partial charge on any atom is -0.507 e. The molecule has 1 heterocycles. The molecular formula is C29H28Br2O6. The van der Waals surface area contributed by atoms with E-state index < -0.39 is 17.5 Å². The molecule has 0 amide bonds. The fourth-order valence-electron chi connectivity index (χ4n) is 5.44. The lowest BCUT2D eigenvalue weighted by Crippen LogP contribution is -2.33. The maximum atomic E-state index is 13.6. The molecule has 194 valence electrons. The van der Waals surface area contributed by atoms with Crippen molar-refractivity contribution in [2.45, 2.75) is 59.0 Å². The molecule has 0 spiro atoms. The molecular weight excluding hydrogens is 604 g/mol. The van der Waals surface area contributed by atoms with Gasteiger partial charge in [0.1, 0.15) is 11.5 Å². The van der Waals surface area contributed by atoms with Gasteiger partial charge in [-0.1, -0.05) is 71.7 Å². The first-order valence-corrected chi connectivity index (χ1v) is 13.8. The van der Waals surface area contributed by atoms with Crippen LogP contribution >= 0.6 is 31.9 Å². The van der Waals surface area contributed by atoms with E-state index in [1.54, 1.807) is 12.1 Å². The molecule has 6 nitrogen and oxygen atoms in total. The summed E-state index contributed by atoms with van der Waals surface area (Å²) in [5, 5.41) is 33.4. The largest absolute Gasteiger partial charge is 0.507 e. The van der Waals surface area contributed by atoms with Crippen LogP contribution in [-0.2, 0) is 36.0 Å². The van der Waals surface area contributed by atoms with Gasteiger partial charge in [-0.3, -0.25) is 0 Å². The summed E-state index contributed by atoms with van der Waals surface area (Å²) in [5.74, 6) is -2.20. The number of benzene rings is 3. The van der Waals surface area contributed by atoms with Crippen molar-refractivity contribution in [1.82, 2.24) is 0 Å². The number of ether oxygens (including phenoxy) is 1. The molecule has 0 fully saturated rings. The molecule has 0 atom stereocenters. The molecule has 0 radical (unpaired) electrons. The van der Waals surface area contributed by atoms with E-state index in [1.165, 1.54) is 6.07 Å². The molecule has 0 aliphatic carbocycles. The van der Waals surface area contributed by atoms with E-state index in [0.29, 0.717) is 59.1 Å². The van der Waals surface area contributed by atoms with Crippen LogP contribution in [0.15, 0.2) is 39.3 Å². The van der Waals surface area contributed by atoms with Gasteiger partial charge >= 0.3 is 11.9 Å². The number of aromatic hydroxyl groups is 2. The summed E-state index contributed by atoms with van der Waals surface area (Å²) in [6.07, 6.45) is 1.94. The van der Waals surface area contributed by atoms with Crippen molar-refractivity contribution >= 4 is 43.8 Å². The zero-order valence-corrected chi connectivity index (χ0v) is 24.2. The molecule has 37 heavy (non-hydrogen) atoms. The Balaban J connectivity index is 2.35. The van der Waals surface area contributed by atoms with Crippen molar-refractivity contribution in [2.24, 2.45) is 0 Å². The van der Waals surface area contributed by atoms with Crippen LogP contribution in [0.2, 0.25) is 0 Å². The van der Waals surface area contributed by atoms with Gasteiger partial charge in [-0.15, -0.1) is 0 Å². The minimum absolute atomic E-state index is 0.0524. The number of halogens is 2. The SMILES string of the molecule is CCc1cc(Br)c(CC)c(C2(c3c(O)c(CC)cc(Br)c3CC)OC(=O)c3c(C(=O)O)cccc32)c1O. The number of cyclic esters (lactones) is 1. The van der Waals surface area contributed by atoms with Gasteiger partial charge < -0.3 is 20.1 Å². The summed E-state index contributed by atoms with van der Waals surface area (Å²) >= 11 is 7.30. The van der Waals surface area contributed by atoms with Gasteiger partial charge in [0, 0.05) is 14.5 Å². The van der Waals surface area contributed by atoms with E-state index in [9.17, 15) is 24.9 Å². The lowest BCUT2D eigenvalue weighted by Gasteiger charge is -2.36. The number of phenolic OH excluding ortho intramolecular Hbond substituents is 2. The Morgan fingerprint density at radius 1 is 0.865 bits per heavy atom. The molecule has 4 rings (SSSR count). The van der Waals surface area contributed by atoms with E-state index in [2.05, 4.69) is 31.9 Å². The molecule has 1 aliphatic rings. The number of esters is 1. The maximum absolute atomic E-state index is 13.6. The Bertz CT molecular complexity index is 1380. The first kappa shape index (κ1) is 27.2. The van der Waals surface area contributed by atoms with Crippen LogP contribution in [0.3, 0.4) is 0 Å². The Morgan fingerprint density at radius 2 is 1.35 bits per heavy atom. The second kappa shape index (κ2) is 10.1. The van der Waals surface area contributed by atoms with Gasteiger partial charge in [0.2, 0.25) is 0 Å². The predicted molar refractivity (Wildman–Crippen MR) is 148 cm³/mol. The maximum Gasteiger partial charge on any atom is 0.341 e. The van der Waals surface area contributed by atoms with E-state index in [4.69, 9.17) is 4.74 Å². The molecule has 1 aliphatic heterocycles. The standard InChI is InChI=1S/C29H28Br2O6/c1-5-14-12-20(30)16(7-3)23(25(14)32)29(24-17(8-4)21(31)13-15(6-2)26(24)33)19-11-9-10-18(27(34)35)22(19)28(36)37-29/h9-13,32-33H,5-8H2,1-4H3,(H,34,35). The second-order valence-corrected chi connectivity index (χ2v) is 10.7. The highest BCUT2D eigenvalue weighted by Crippen LogP contribution is 2.57. The third-order valence-electron chi connectivity index (χ3n) is 7.16. The number of hydrogen-bond donors (Lipinski definition) is 3. The minimum atomic E-state index is -1.79. The van der Waals surface area contributed by atoms with Gasteiger partial charge in [-0.2, -0.15) is 0 Å². The lowest BCUT2D eigenvalue weighted by atomic mass is 9.73. The molecule has 0 aromatic heterocycles. The van der Waals surface area contributed by atoms with Crippen molar-refractivity contribution in [3.8, 4) is 11.5 Å². The number of carboxylic acid groups (broad SMARTS) is 1. The second-order valence-electron chi connectivity index (χ2n) is 8.96. The Morgan fingerprint density at radius 3 is 1.76 bits per heavy atom. The van der Waals surface area contributed by atoms with Gasteiger partial charge in [0.15, 0.2) is 5.60 Å². The number of aryl methyl sites for hydroxylation is 2. The van der Waals surface area contributed by atoms with Crippen LogP contribution < -0.4 is 0 Å². The summed E-state index contributed by atoms with van der Waals surface area (Å²) in [7, 11) is 0. The van der Waals surface area contributed by atoms with Crippen molar-refractivity contribution < 1.29 is 29.6 Å². The summed E-state index contributed by atoms with van der Waals surface area (Å²) in [6.45, 7) is 7.66. The zero-order chi connectivity index (χ0) is 27.2. The lowest BCUT2D eigenvalue weighted by molar-refractivity contribution is 0.0231. The number of fused-ring (bicyclic) bond motifs is 1. The third-order valence-corrected chi connectivity index (χ3v) is 8.58. The number of phenols is 2. The predicted octanol–water partition coefficient (Wildman–Crippen LogP) is 7.03. The van der Waals surface area contributed by atoms with Crippen LogP contribution in [0.25, 0.3) is 0 Å². The quantitative estimate of drug-likeness (QED) is 0.242. The van der Waals surface area contributed by atoms with Gasteiger partial charge in [-0.05, 0) is 66.1 Å². The molecule has 3 aromatic carbocycles. The van der Waals surface area contributed by atoms with E-state index in [1.807, 2.05) is 39.8 Å². The number of carbonyl (C=O) groups is 2. The topological polar surface area (TPSA) is 104 Å². The van der Waals surface area contributed by atoms with E-state index >= 15 is 0 Å². The molecule has 3 aromatic rings. The van der Waals surface area contributed by atoms with Crippen LogP contribution in [0.5, 0.6) is 11.5 Å². The van der Waals surface area contributed by atoms with Crippen LogP contribution in [0.4, 0.5) is 0 Å².